The molecule has 1 aromatic heterocycles. The van der Waals surface area contributed by atoms with E-state index in [2.05, 4.69) is 9.72 Å². The van der Waals surface area contributed by atoms with Crippen molar-refractivity contribution in [1.82, 2.24) is 4.98 Å². The van der Waals surface area contributed by atoms with Crippen LogP contribution < -0.4 is 4.74 Å². The number of pyridine rings is 1. The van der Waals surface area contributed by atoms with Gasteiger partial charge in [0.2, 0.25) is 0 Å². The molecule has 2 rings (SSSR count). The standard InChI is InChI=1S/C14H6F9NO/c15-12(16,17)8-5-24-6-9(13(18,19)20)11(8)7-3-1-2-4-10(7)25-14(21,22)23/h1-6H. The van der Waals surface area contributed by atoms with E-state index in [-0.39, 0.29) is 12.4 Å². The Morgan fingerprint density at radius 1 is 0.720 bits per heavy atom. The van der Waals surface area contributed by atoms with Crippen LogP contribution in [0, 0.1) is 0 Å². The predicted molar refractivity (Wildman–Crippen MR) is 66.4 cm³/mol. The van der Waals surface area contributed by atoms with Gasteiger partial charge in [0.25, 0.3) is 0 Å². The zero-order chi connectivity index (χ0) is 19.0. The second-order valence-corrected chi connectivity index (χ2v) is 4.65. The predicted octanol–water partition coefficient (Wildman–Crippen LogP) is 5.68. The minimum absolute atomic E-state index is 0.106. The molecule has 2 aromatic rings. The summed E-state index contributed by atoms with van der Waals surface area (Å²) in [7, 11) is 0. The first-order valence-corrected chi connectivity index (χ1v) is 6.28. The first kappa shape index (κ1) is 18.9. The van der Waals surface area contributed by atoms with Gasteiger partial charge in [-0.25, -0.2) is 0 Å². The molecule has 2 nitrogen and oxygen atoms in total. The van der Waals surface area contributed by atoms with Crippen LogP contribution in [0.25, 0.3) is 11.1 Å². The highest BCUT2D eigenvalue weighted by atomic mass is 19.4. The molecule has 1 aromatic carbocycles. The number of rotatable bonds is 2. The van der Waals surface area contributed by atoms with Crippen molar-refractivity contribution in [1.29, 1.82) is 0 Å². The van der Waals surface area contributed by atoms with Crippen LogP contribution in [-0.2, 0) is 12.4 Å². The molecule has 0 radical (unpaired) electrons. The number of alkyl halides is 9. The van der Waals surface area contributed by atoms with Crippen LogP contribution in [0.1, 0.15) is 11.1 Å². The highest BCUT2D eigenvalue weighted by molar-refractivity contribution is 5.77. The van der Waals surface area contributed by atoms with Crippen LogP contribution in [0.5, 0.6) is 5.75 Å². The van der Waals surface area contributed by atoms with E-state index in [0.29, 0.717) is 12.1 Å². The summed E-state index contributed by atoms with van der Waals surface area (Å²) < 4.78 is 119. The third-order valence-electron chi connectivity index (χ3n) is 2.94. The van der Waals surface area contributed by atoms with Crippen molar-refractivity contribution in [2.75, 3.05) is 0 Å². The maximum Gasteiger partial charge on any atom is 0.573 e. The third kappa shape index (κ3) is 4.34. The van der Waals surface area contributed by atoms with E-state index < -0.39 is 46.7 Å². The highest BCUT2D eigenvalue weighted by Crippen LogP contribution is 2.46. The van der Waals surface area contributed by atoms with Crippen LogP contribution in [0.3, 0.4) is 0 Å². The number of hydrogen-bond donors (Lipinski definition) is 0. The van der Waals surface area contributed by atoms with E-state index >= 15 is 0 Å². The summed E-state index contributed by atoms with van der Waals surface area (Å²) in [5.74, 6) is -1.20. The van der Waals surface area contributed by atoms with Crippen LogP contribution in [0.15, 0.2) is 36.7 Å². The Morgan fingerprint density at radius 3 is 1.64 bits per heavy atom. The average molecular weight is 375 g/mol. The largest absolute Gasteiger partial charge is 0.573 e. The van der Waals surface area contributed by atoms with Gasteiger partial charge in [-0.15, -0.1) is 13.2 Å². The lowest BCUT2D eigenvalue weighted by molar-refractivity contribution is -0.274. The SMILES string of the molecule is FC(F)(F)Oc1ccccc1-c1c(C(F)(F)F)cncc1C(F)(F)F. The molecule has 0 saturated heterocycles. The molecule has 0 saturated carbocycles. The molecular formula is C14H6F9NO. The molecule has 1 heterocycles. The quantitative estimate of drug-likeness (QED) is 0.630. The fourth-order valence-electron chi connectivity index (χ4n) is 2.07. The molecule has 0 aliphatic carbocycles. The monoisotopic (exact) mass is 375 g/mol. The molecule has 11 heteroatoms. The van der Waals surface area contributed by atoms with E-state index in [1.807, 2.05) is 0 Å². The van der Waals surface area contributed by atoms with Crippen LogP contribution in [0.2, 0.25) is 0 Å². The summed E-state index contributed by atoms with van der Waals surface area (Å²) >= 11 is 0. The van der Waals surface area contributed by atoms with E-state index in [1.54, 1.807) is 0 Å². The molecule has 0 aliphatic heterocycles. The lowest BCUT2D eigenvalue weighted by atomic mass is 9.95. The van der Waals surface area contributed by atoms with Gasteiger partial charge >= 0.3 is 18.7 Å². The summed E-state index contributed by atoms with van der Waals surface area (Å²) in [5, 5.41) is 0. The number of aromatic nitrogens is 1. The number of hydrogen-bond acceptors (Lipinski definition) is 2. The first-order valence-electron chi connectivity index (χ1n) is 6.28. The van der Waals surface area contributed by atoms with E-state index in [1.165, 1.54) is 0 Å². The molecule has 0 spiro atoms. The van der Waals surface area contributed by atoms with Gasteiger partial charge in [-0.05, 0) is 6.07 Å². The van der Waals surface area contributed by atoms with Crippen molar-refractivity contribution in [2.24, 2.45) is 0 Å². The van der Waals surface area contributed by atoms with Gasteiger partial charge < -0.3 is 4.74 Å². The van der Waals surface area contributed by atoms with Crippen molar-refractivity contribution in [3.05, 3.63) is 47.8 Å². The van der Waals surface area contributed by atoms with Crippen LogP contribution in [0.4, 0.5) is 39.5 Å². The molecule has 0 bridgehead atoms. The number of nitrogens with zero attached hydrogens (tertiary/aromatic N) is 1. The van der Waals surface area contributed by atoms with Gasteiger partial charge in [0, 0.05) is 23.5 Å². The second-order valence-electron chi connectivity index (χ2n) is 4.65. The van der Waals surface area contributed by atoms with Gasteiger partial charge in [-0.3, -0.25) is 4.98 Å². The highest BCUT2D eigenvalue weighted by Gasteiger charge is 2.43. The number of halogens is 9. The third-order valence-corrected chi connectivity index (χ3v) is 2.94. The summed E-state index contributed by atoms with van der Waals surface area (Å²) in [6.45, 7) is 0. The summed E-state index contributed by atoms with van der Waals surface area (Å²) in [6, 6.07) is 3.25. The summed E-state index contributed by atoms with van der Waals surface area (Å²) in [6.07, 6.45) is -15.7. The van der Waals surface area contributed by atoms with Gasteiger partial charge in [-0.2, -0.15) is 26.3 Å². The first-order chi connectivity index (χ1) is 11.3. The van der Waals surface area contributed by atoms with Crippen molar-refractivity contribution in [3.63, 3.8) is 0 Å². The Labute approximate surface area is 133 Å². The lowest BCUT2D eigenvalue weighted by Gasteiger charge is -2.20. The molecule has 136 valence electrons. The molecule has 0 aliphatic rings. The molecule has 0 unspecified atom stereocenters. The lowest BCUT2D eigenvalue weighted by Crippen LogP contribution is -2.19. The average Bonchev–Trinajstić information content (AvgIpc) is 2.43. The number of ether oxygens (including phenoxy) is 1. The van der Waals surface area contributed by atoms with Crippen molar-refractivity contribution >= 4 is 0 Å². The fourth-order valence-corrected chi connectivity index (χ4v) is 2.07. The maximum atomic E-state index is 13.1. The molecule has 25 heavy (non-hydrogen) atoms. The number of para-hydroxylation sites is 1. The Kier molecular flexibility index (Phi) is 4.62. The van der Waals surface area contributed by atoms with Crippen molar-refractivity contribution < 1.29 is 44.3 Å². The Bertz CT molecular complexity index is 730. The van der Waals surface area contributed by atoms with E-state index in [4.69, 9.17) is 0 Å². The minimum atomic E-state index is -5.31. The van der Waals surface area contributed by atoms with Crippen molar-refractivity contribution in [3.8, 4) is 16.9 Å². The minimum Gasteiger partial charge on any atom is -0.405 e. The topological polar surface area (TPSA) is 22.1 Å². The van der Waals surface area contributed by atoms with Crippen LogP contribution in [-0.4, -0.2) is 11.3 Å². The Balaban J connectivity index is 2.83. The second kappa shape index (κ2) is 6.12. The smallest absolute Gasteiger partial charge is 0.405 e. The normalized spacial score (nSPS) is 13.0. The van der Waals surface area contributed by atoms with Gasteiger partial charge in [-0.1, -0.05) is 18.2 Å². The van der Waals surface area contributed by atoms with Gasteiger partial charge in [0.15, 0.2) is 0 Å². The van der Waals surface area contributed by atoms with Crippen molar-refractivity contribution in [2.45, 2.75) is 18.7 Å². The van der Waals surface area contributed by atoms with Gasteiger partial charge in [0.05, 0.1) is 11.1 Å². The van der Waals surface area contributed by atoms with E-state index in [9.17, 15) is 39.5 Å². The zero-order valence-corrected chi connectivity index (χ0v) is 11.7. The van der Waals surface area contributed by atoms with E-state index in [0.717, 1.165) is 12.1 Å². The molecule has 0 fully saturated rings. The molecule has 0 N–H and O–H groups in total. The summed E-state index contributed by atoms with van der Waals surface area (Å²) in [4.78, 5) is 2.90. The Morgan fingerprint density at radius 2 is 1.20 bits per heavy atom. The maximum absolute atomic E-state index is 13.1. The Hall–Kier alpha value is -2.46. The van der Waals surface area contributed by atoms with Crippen LogP contribution >= 0.6 is 0 Å². The molecule has 0 amide bonds. The molecule has 0 atom stereocenters. The number of benzene rings is 1. The van der Waals surface area contributed by atoms with Gasteiger partial charge in [0.1, 0.15) is 5.75 Å². The summed E-state index contributed by atoms with van der Waals surface area (Å²) in [5.41, 5.74) is -6.17. The fraction of sp³-hybridized carbons (Fsp3) is 0.214. The molecular weight excluding hydrogens is 369 g/mol. The zero-order valence-electron chi connectivity index (χ0n) is 11.7.